The second-order valence-corrected chi connectivity index (χ2v) is 7.22. The number of sulfonamides is 1. The molecule has 0 aromatic heterocycles. The molecule has 0 heterocycles. The van der Waals surface area contributed by atoms with Gasteiger partial charge < -0.3 is 10.1 Å². The van der Waals surface area contributed by atoms with Crippen molar-refractivity contribution in [2.75, 3.05) is 25.5 Å². The minimum Gasteiger partial charge on any atom is -0.368 e. The molecule has 1 aromatic rings. The van der Waals surface area contributed by atoms with Crippen molar-refractivity contribution in [1.29, 1.82) is 0 Å². The first-order valence-electron chi connectivity index (χ1n) is 7.53. The Balaban J connectivity index is 2.72. The van der Waals surface area contributed by atoms with E-state index in [4.69, 9.17) is 4.74 Å². The fourth-order valence-electron chi connectivity index (χ4n) is 1.82. The van der Waals surface area contributed by atoms with Crippen molar-refractivity contribution in [1.82, 2.24) is 4.31 Å². The van der Waals surface area contributed by atoms with Crippen LogP contribution in [0.5, 0.6) is 0 Å². The number of carbonyl (C=O) groups is 1. The zero-order valence-corrected chi connectivity index (χ0v) is 14.9. The topological polar surface area (TPSA) is 75.7 Å². The highest BCUT2D eigenvalue weighted by molar-refractivity contribution is 7.89. The summed E-state index contributed by atoms with van der Waals surface area (Å²) in [7, 11) is -2.08. The highest BCUT2D eigenvalue weighted by atomic mass is 32.2. The van der Waals surface area contributed by atoms with Crippen LogP contribution in [0.2, 0.25) is 0 Å². The maximum atomic E-state index is 12.3. The number of amides is 1. The Hall–Kier alpha value is -1.96. The Morgan fingerprint density at radius 3 is 2.46 bits per heavy atom. The zero-order valence-electron chi connectivity index (χ0n) is 14.1. The van der Waals surface area contributed by atoms with Gasteiger partial charge in [-0.3, -0.25) is 4.79 Å². The van der Waals surface area contributed by atoms with Crippen LogP contribution in [-0.4, -0.2) is 44.9 Å². The van der Waals surface area contributed by atoms with Crippen LogP contribution in [0, 0.1) is 0 Å². The van der Waals surface area contributed by atoms with Crippen LogP contribution in [-0.2, 0) is 19.6 Å². The third kappa shape index (κ3) is 5.59. The number of rotatable bonds is 10. The van der Waals surface area contributed by atoms with E-state index in [-0.39, 0.29) is 17.3 Å². The SMILES string of the molecule is C=CCCOC(C)C(=O)Nc1ccc(S(=O)(=O)N(C)CC=C)cc1. The van der Waals surface area contributed by atoms with Gasteiger partial charge in [0, 0.05) is 19.3 Å². The molecule has 0 saturated heterocycles. The molecule has 1 aromatic carbocycles. The summed E-state index contributed by atoms with van der Waals surface area (Å²) in [5.41, 5.74) is 0.504. The summed E-state index contributed by atoms with van der Waals surface area (Å²) >= 11 is 0. The molecule has 0 aliphatic rings. The van der Waals surface area contributed by atoms with Crippen LogP contribution < -0.4 is 5.32 Å². The first kappa shape index (κ1) is 20.1. The van der Waals surface area contributed by atoms with E-state index in [0.717, 1.165) is 0 Å². The number of nitrogens with one attached hydrogen (secondary N) is 1. The predicted molar refractivity (Wildman–Crippen MR) is 95.3 cm³/mol. The largest absolute Gasteiger partial charge is 0.368 e. The van der Waals surface area contributed by atoms with Crippen molar-refractivity contribution in [3.8, 4) is 0 Å². The molecule has 1 atom stereocenters. The number of hydrogen-bond acceptors (Lipinski definition) is 4. The van der Waals surface area contributed by atoms with Gasteiger partial charge in [-0.15, -0.1) is 13.2 Å². The fraction of sp³-hybridized carbons (Fsp3) is 0.353. The number of ether oxygens (including phenoxy) is 1. The van der Waals surface area contributed by atoms with Gasteiger partial charge in [-0.25, -0.2) is 8.42 Å². The molecule has 24 heavy (non-hydrogen) atoms. The van der Waals surface area contributed by atoms with Gasteiger partial charge in [0.05, 0.1) is 11.5 Å². The Labute approximate surface area is 143 Å². The Bertz CT molecular complexity index is 668. The molecule has 1 amide bonds. The first-order valence-corrected chi connectivity index (χ1v) is 8.97. The average Bonchev–Trinajstić information content (AvgIpc) is 2.55. The number of anilines is 1. The molecular formula is C17H24N2O4S. The van der Waals surface area contributed by atoms with E-state index in [1.807, 2.05) is 0 Å². The lowest BCUT2D eigenvalue weighted by Gasteiger charge is -2.16. The van der Waals surface area contributed by atoms with Crippen molar-refractivity contribution >= 4 is 21.6 Å². The van der Waals surface area contributed by atoms with Gasteiger partial charge >= 0.3 is 0 Å². The Morgan fingerprint density at radius 2 is 1.92 bits per heavy atom. The molecule has 6 nitrogen and oxygen atoms in total. The fourth-order valence-corrected chi connectivity index (χ4v) is 2.96. The number of nitrogens with zero attached hydrogens (tertiary/aromatic N) is 1. The summed E-state index contributed by atoms with van der Waals surface area (Å²) in [5, 5.41) is 2.69. The summed E-state index contributed by atoms with van der Waals surface area (Å²) in [6.45, 7) is 9.41. The van der Waals surface area contributed by atoms with E-state index in [1.165, 1.54) is 29.6 Å². The normalized spacial score (nSPS) is 12.6. The second kappa shape index (κ2) is 9.36. The van der Waals surface area contributed by atoms with Crippen LogP contribution >= 0.6 is 0 Å². The van der Waals surface area contributed by atoms with Crippen molar-refractivity contribution in [3.63, 3.8) is 0 Å². The molecule has 0 aliphatic heterocycles. The maximum absolute atomic E-state index is 12.3. The average molecular weight is 352 g/mol. The Morgan fingerprint density at radius 1 is 1.29 bits per heavy atom. The summed E-state index contributed by atoms with van der Waals surface area (Å²) in [5.74, 6) is -0.293. The molecule has 0 spiro atoms. The van der Waals surface area contributed by atoms with Crippen LogP contribution in [0.4, 0.5) is 5.69 Å². The van der Waals surface area contributed by atoms with E-state index >= 15 is 0 Å². The molecule has 0 saturated carbocycles. The Kier molecular flexibility index (Phi) is 7.84. The van der Waals surface area contributed by atoms with Crippen molar-refractivity contribution < 1.29 is 17.9 Å². The third-order valence-corrected chi connectivity index (χ3v) is 5.11. The monoisotopic (exact) mass is 352 g/mol. The van der Waals surface area contributed by atoms with Gasteiger partial charge in [-0.2, -0.15) is 4.31 Å². The highest BCUT2D eigenvalue weighted by Gasteiger charge is 2.20. The van der Waals surface area contributed by atoms with Gasteiger partial charge in [0.25, 0.3) is 5.91 Å². The lowest BCUT2D eigenvalue weighted by atomic mass is 10.3. The quantitative estimate of drug-likeness (QED) is 0.518. The van der Waals surface area contributed by atoms with Gasteiger partial charge in [-0.1, -0.05) is 12.2 Å². The van der Waals surface area contributed by atoms with Crippen LogP contribution in [0.1, 0.15) is 13.3 Å². The molecule has 132 valence electrons. The summed E-state index contributed by atoms with van der Waals surface area (Å²) in [6, 6.07) is 5.99. The molecular weight excluding hydrogens is 328 g/mol. The minimum atomic E-state index is -3.56. The van der Waals surface area contributed by atoms with Crippen molar-refractivity contribution in [2.24, 2.45) is 0 Å². The molecule has 0 fully saturated rings. The summed E-state index contributed by atoms with van der Waals surface area (Å²) < 4.78 is 31.1. The van der Waals surface area contributed by atoms with Gasteiger partial charge in [0.1, 0.15) is 6.10 Å². The van der Waals surface area contributed by atoms with Gasteiger partial charge in [0.15, 0.2) is 0 Å². The van der Waals surface area contributed by atoms with Gasteiger partial charge in [-0.05, 0) is 37.6 Å². The molecule has 0 bridgehead atoms. The number of hydrogen-bond donors (Lipinski definition) is 1. The number of carbonyl (C=O) groups excluding carboxylic acids is 1. The van der Waals surface area contributed by atoms with E-state index in [0.29, 0.717) is 18.7 Å². The lowest BCUT2D eigenvalue weighted by Crippen LogP contribution is -2.28. The smallest absolute Gasteiger partial charge is 0.253 e. The molecule has 1 N–H and O–H groups in total. The molecule has 1 unspecified atom stereocenters. The molecule has 7 heteroatoms. The van der Waals surface area contributed by atoms with Crippen molar-refractivity contribution in [3.05, 3.63) is 49.6 Å². The highest BCUT2D eigenvalue weighted by Crippen LogP contribution is 2.17. The second-order valence-electron chi connectivity index (χ2n) is 5.18. The molecule has 0 radical (unpaired) electrons. The zero-order chi connectivity index (χ0) is 18.2. The van der Waals surface area contributed by atoms with E-state index in [2.05, 4.69) is 18.5 Å². The van der Waals surface area contributed by atoms with E-state index in [1.54, 1.807) is 25.1 Å². The first-order chi connectivity index (χ1) is 11.3. The minimum absolute atomic E-state index is 0.153. The lowest BCUT2D eigenvalue weighted by molar-refractivity contribution is -0.126. The van der Waals surface area contributed by atoms with Gasteiger partial charge in [0.2, 0.25) is 10.0 Å². The molecule has 1 rings (SSSR count). The van der Waals surface area contributed by atoms with Crippen molar-refractivity contribution in [2.45, 2.75) is 24.3 Å². The standard InChI is InChI=1S/C17H24N2O4S/c1-5-7-13-23-14(3)17(20)18-15-8-10-16(11-9-15)24(21,22)19(4)12-6-2/h5-6,8-11,14H,1-2,7,12-13H2,3-4H3,(H,18,20). The maximum Gasteiger partial charge on any atom is 0.253 e. The third-order valence-electron chi connectivity index (χ3n) is 3.28. The van der Waals surface area contributed by atoms with E-state index < -0.39 is 16.1 Å². The van der Waals surface area contributed by atoms with Crippen LogP contribution in [0.25, 0.3) is 0 Å². The van der Waals surface area contributed by atoms with Crippen LogP contribution in [0.3, 0.4) is 0 Å². The molecule has 0 aliphatic carbocycles. The summed E-state index contributed by atoms with van der Waals surface area (Å²) in [6.07, 6.45) is 3.29. The predicted octanol–water partition coefficient (Wildman–Crippen LogP) is 2.41. The van der Waals surface area contributed by atoms with E-state index in [9.17, 15) is 13.2 Å². The summed E-state index contributed by atoms with van der Waals surface area (Å²) in [4.78, 5) is 12.1. The number of benzene rings is 1. The number of likely N-dealkylation sites (N-methyl/N-ethyl adjacent to an activating group) is 1. The van der Waals surface area contributed by atoms with Crippen LogP contribution in [0.15, 0.2) is 54.5 Å².